The van der Waals surface area contributed by atoms with Crippen LogP contribution in [0.5, 0.6) is 0 Å². The van der Waals surface area contributed by atoms with Crippen molar-refractivity contribution >= 4 is 54.8 Å². The summed E-state index contributed by atoms with van der Waals surface area (Å²) in [5.41, 5.74) is 1.36. The SMILES string of the molecule is CCN(CC)S(=O)(=O)c1ccc(N(C)C)c(NC(=O)c2cc(Br)ccc2Cl)c1. The van der Waals surface area contributed by atoms with E-state index < -0.39 is 15.9 Å². The van der Waals surface area contributed by atoms with Gasteiger partial charge in [0.15, 0.2) is 0 Å². The van der Waals surface area contributed by atoms with E-state index in [2.05, 4.69) is 21.2 Å². The Labute approximate surface area is 179 Å². The van der Waals surface area contributed by atoms with Crippen LogP contribution in [0.15, 0.2) is 45.8 Å². The molecule has 0 aliphatic heterocycles. The van der Waals surface area contributed by atoms with Crippen molar-refractivity contribution in [3.63, 3.8) is 0 Å². The van der Waals surface area contributed by atoms with E-state index in [1.54, 1.807) is 49.1 Å². The fourth-order valence-electron chi connectivity index (χ4n) is 2.74. The minimum atomic E-state index is -3.65. The lowest BCUT2D eigenvalue weighted by Crippen LogP contribution is -2.30. The summed E-state index contributed by atoms with van der Waals surface area (Å²) in [4.78, 5) is 14.7. The van der Waals surface area contributed by atoms with Gasteiger partial charge in [-0.25, -0.2) is 8.42 Å². The van der Waals surface area contributed by atoms with Gasteiger partial charge in [-0.2, -0.15) is 4.31 Å². The maximum absolute atomic E-state index is 12.9. The number of benzene rings is 2. The number of nitrogens with one attached hydrogen (secondary N) is 1. The topological polar surface area (TPSA) is 69.7 Å². The van der Waals surface area contributed by atoms with Crippen LogP contribution in [0.2, 0.25) is 5.02 Å². The summed E-state index contributed by atoms with van der Waals surface area (Å²) >= 11 is 9.47. The zero-order chi connectivity index (χ0) is 21.1. The number of nitrogens with zero attached hydrogens (tertiary/aromatic N) is 2. The van der Waals surface area contributed by atoms with Gasteiger partial charge in [0.1, 0.15) is 0 Å². The molecule has 0 unspecified atom stereocenters. The number of sulfonamides is 1. The van der Waals surface area contributed by atoms with Crippen LogP contribution in [0.25, 0.3) is 0 Å². The largest absolute Gasteiger partial charge is 0.376 e. The molecule has 152 valence electrons. The molecule has 0 radical (unpaired) electrons. The number of rotatable bonds is 7. The molecular weight excluding hydrogens is 466 g/mol. The number of anilines is 2. The molecule has 0 aromatic heterocycles. The van der Waals surface area contributed by atoms with Crippen molar-refractivity contribution in [2.75, 3.05) is 37.4 Å². The van der Waals surface area contributed by atoms with Gasteiger partial charge >= 0.3 is 0 Å². The molecule has 0 atom stereocenters. The molecular formula is C19H23BrClN3O3S. The van der Waals surface area contributed by atoms with Crippen LogP contribution < -0.4 is 10.2 Å². The van der Waals surface area contributed by atoms with Crippen LogP contribution in [0.1, 0.15) is 24.2 Å². The van der Waals surface area contributed by atoms with Crippen molar-refractivity contribution in [3.8, 4) is 0 Å². The Morgan fingerprint density at radius 2 is 1.75 bits per heavy atom. The van der Waals surface area contributed by atoms with Gasteiger partial charge in [0.2, 0.25) is 10.0 Å². The van der Waals surface area contributed by atoms with Crippen LogP contribution in [0, 0.1) is 0 Å². The van der Waals surface area contributed by atoms with Crippen molar-refractivity contribution < 1.29 is 13.2 Å². The third-order valence-electron chi connectivity index (χ3n) is 4.21. The lowest BCUT2D eigenvalue weighted by atomic mass is 10.2. The summed E-state index contributed by atoms with van der Waals surface area (Å²) < 4.78 is 27.8. The fraction of sp³-hybridized carbons (Fsp3) is 0.316. The molecule has 0 heterocycles. The molecule has 6 nitrogen and oxygen atoms in total. The van der Waals surface area contributed by atoms with Gasteiger partial charge in [-0.1, -0.05) is 41.4 Å². The van der Waals surface area contributed by atoms with E-state index in [1.807, 2.05) is 14.1 Å². The van der Waals surface area contributed by atoms with Crippen molar-refractivity contribution in [2.24, 2.45) is 0 Å². The highest BCUT2D eigenvalue weighted by molar-refractivity contribution is 9.10. The first-order valence-electron chi connectivity index (χ1n) is 8.69. The van der Waals surface area contributed by atoms with Crippen molar-refractivity contribution in [1.82, 2.24) is 4.31 Å². The molecule has 0 aliphatic rings. The van der Waals surface area contributed by atoms with Crippen molar-refractivity contribution in [3.05, 3.63) is 51.5 Å². The molecule has 28 heavy (non-hydrogen) atoms. The van der Waals surface area contributed by atoms with Crippen LogP contribution in [-0.2, 0) is 10.0 Å². The summed E-state index contributed by atoms with van der Waals surface area (Å²) in [6, 6.07) is 9.67. The molecule has 9 heteroatoms. The molecule has 2 aromatic carbocycles. The number of amides is 1. The van der Waals surface area contributed by atoms with E-state index >= 15 is 0 Å². The predicted octanol–water partition coefficient (Wildman–Crippen LogP) is 4.45. The van der Waals surface area contributed by atoms with Crippen LogP contribution in [-0.4, -0.2) is 45.8 Å². The zero-order valence-corrected chi connectivity index (χ0v) is 19.3. The lowest BCUT2D eigenvalue weighted by molar-refractivity contribution is 0.102. The highest BCUT2D eigenvalue weighted by Crippen LogP contribution is 2.30. The van der Waals surface area contributed by atoms with E-state index in [-0.39, 0.29) is 10.5 Å². The maximum atomic E-state index is 12.9. The second kappa shape index (κ2) is 9.26. The first-order valence-corrected chi connectivity index (χ1v) is 11.3. The van der Waals surface area contributed by atoms with Gasteiger partial charge in [-0.05, 0) is 36.4 Å². The molecule has 0 saturated heterocycles. The molecule has 0 saturated carbocycles. The molecule has 0 aliphatic carbocycles. The molecule has 0 spiro atoms. The fourth-order valence-corrected chi connectivity index (χ4v) is 4.79. The predicted molar refractivity (Wildman–Crippen MR) is 118 cm³/mol. The molecule has 1 amide bonds. The summed E-state index contributed by atoms with van der Waals surface area (Å²) in [7, 11) is -0.0213. The zero-order valence-electron chi connectivity index (χ0n) is 16.2. The minimum Gasteiger partial charge on any atom is -0.376 e. The maximum Gasteiger partial charge on any atom is 0.257 e. The van der Waals surface area contributed by atoms with E-state index in [0.717, 1.165) is 0 Å². The van der Waals surface area contributed by atoms with Crippen LogP contribution in [0.4, 0.5) is 11.4 Å². The average molecular weight is 489 g/mol. The van der Waals surface area contributed by atoms with Gasteiger partial charge in [-0.3, -0.25) is 4.79 Å². The summed E-state index contributed by atoms with van der Waals surface area (Å²) in [5.74, 6) is -0.424. The Morgan fingerprint density at radius 1 is 1.11 bits per heavy atom. The molecule has 0 bridgehead atoms. The first-order chi connectivity index (χ1) is 13.1. The Kier molecular flexibility index (Phi) is 7.50. The standard InChI is InChI=1S/C19H23BrClN3O3S/c1-5-24(6-2)28(26,27)14-8-10-18(23(3)4)17(12-14)22-19(25)15-11-13(20)7-9-16(15)21/h7-12H,5-6H2,1-4H3,(H,22,25). The Bertz CT molecular complexity index is 976. The normalized spacial score (nSPS) is 11.5. The summed E-state index contributed by atoms with van der Waals surface area (Å²) in [5, 5.41) is 3.10. The number of hydrogen-bond acceptors (Lipinski definition) is 4. The number of halogens is 2. The van der Waals surface area contributed by atoms with E-state index in [4.69, 9.17) is 11.6 Å². The third-order valence-corrected chi connectivity index (χ3v) is 7.08. The Hall–Kier alpha value is -1.61. The van der Waals surface area contributed by atoms with Crippen molar-refractivity contribution in [1.29, 1.82) is 0 Å². The molecule has 2 rings (SSSR count). The summed E-state index contributed by atoms with van der Waals surface area (Å²) in [6.45, 7) is 4.30. The summed E-state index contributed by atoms with van der Waals surface area (Å²) in [6.07, 6.45) is 0. The Balaban J connectivity index is 2.50. The smallest absolute Gasteiger partial charge is 0.257 e. The van der Waals surface area contributed by atoms with E-state index in [1.165, 1.54) is 10.4 Å². The van der Waals surface area contributed by atoms with Gasteiger partial charge < -0.3 is 10.2 Å². The van der Waals surface area contributed by atoms with Crippen LogP contribution in [0.3, 0.4) is 0 Å². The second-order valence-corrected chi connectivity index (χ2v) is 9.50. The van der Waals surface area contributed by atoms with Crippen LogP contribution >= 0.6 is 27.5 Å². The van der Waals surface area contributed by atoms with Crippen molar-refractivity contribution in [2.45, 2.75) is 18.7 Å². The van der Waals surface area contributed by atoms with Gasteiger partial charge in [0.05, 0.1) is 26.9 Å². The average Bonchev–Trinajstić information content (AvgIpc) is 2.64. The quantitative estimate of drug-likeness (QED) is 0.625. The van der Waals surface area contributed by atoms with E-state index in [0.29, 0.717) is 34.0 Å². The minimum absolute atomic E-state index is 0.123. The molecule has 0 fully saturated rings. The third kappa shape index (κ3) is 4.86. The van der Waals surface area contributed by atoms with Gasteiger partial charge in [0.25, 0.3) is 5.91 Å². The van der Waals surface area contributed by atoms with Gasteiger partial charge in [-0.15, -0.1) is 0 Å². The number of carbonyl (C=O) groups excluding carboxylic acids is 1. The first kappa shape index (κ1) is 22.7. The monoisotopic (exact) mass is 487 g/mol. The highest BCUT2D eigenvalue weighted by Gasteiger charge is 2.23. The lowest BCUT2D eigenvalue weighted by Gasteiger charge is -2.22. The van der Waals surface area contributed by atoms with E-state index in [9.17, 15) is 13.2 Å². The molecule has 2 aromatic rings. The Morgan fingerprint density at radius 3 is 2.32 bits per heavy atom. The molecule has 1 N–H and O–H groups in total. The second-order valence-electron chi connectivity index (χ2n) is 6.24. The van der Waals surface area contributed by atoms with Gasteiger partial charge in [0, 0.05) is 31.7 Å². The highest BCUT2D eigenvalue weighted by atomic mass is 79.9. The number of hydrogen-bond donors (Lipinski definition) is 1. The number of carbonyl (C=O) groups is 1.